The van der Waals surface area contributed by atoms with Crippen LogP contribution in [0, 0.1) is 4.64 Å². The van der Waals surface area contributed by atoms with E-state index < -0.39 is 0 Å². The maximum Gasteiger partial charge on any atom is 0.305 e. The van der Waals surface area contributed by atoms with E-state index in [9.17, 15) is 4.79 Å². The molecular weight excluding hydrogens is 202 g/mol. The predicted molar refractivity (Wildman–Crippen MR) is 53.3 cm³/mol. The topological polar surface area (TPSA) is 70.8 Å². The van der Waals surface area contributed by atoms with Gasteiger partial charge in [0.25, 0.3) is 0 Å². The summed E-state index contributed by atoms with van der Waals surface area (Å²) in [7, 11) is 0. The Balaban J connectivity index is 2.25. The average molecular weight is 215 g/mol. The smallest absolute Gasteiger partial charge is 0.305 e. The zero-order chi connectivity index (χ0) is 10.4. The van der Waals surface area contributed by atoms with E-state index in [1.807, 2.05) is 0 Å². The van der Waals surface area contributed by atoms with Crippen LogP contribution in [0.4, 0.5) is 0 Å². The number of ether oxygens (including phenoxy) is 1. The molecule has 0 aliphatic heterocycles. The van der Waals surface area contributed by atoms with Gasteiger partial charge in [0.05, 0.1) is 12.3 Å². The van der Waals surface area contributed by atoms with Crippen LogP contribution in [0.2, 0.25) is 0 Å². The van der Waals surface area contributed by atoms with Gasteiger partial charge in [-0.25, -0.2) is 5.21 Å². The van der Waals surface area contributed by atoms with Crippen molar-refractivity contribution in [1.82, 2.24) is 15.4 Å². The third-order valence-corrected chi connectivity index (χ3v) is 2.06. The fraction of sp³-hybridized carbons (Fsp3) is 0.625. The van der Waals surface area contributed by atoms with E-state index in [0.717, 1.165) is 5.69 Å². The molecule has 0 amide bonds. The van der Waals surface area contributed by atoms with Gasteiger partial charge >= 0.3 is 5.97 Å². The normalized spacial score (nSPS) is 10.1. The minimum absolute atomic E-state index is 0.169. The number of aromatic amines is 2. The van der Waals surface area contributed by atoms with Gasteiger partial charge in [0.15, 0.2) is 0 Å². The van der Waals surface area contributed by atoms with Crippen molar-refractivity contribution in [2.24, 2.45) is 0 Å². The standard InChI is InChI=1S/C8H13N3O2S/c1-2-13-7(12)5-3-4-6-8(14)10-11-9-6/h2-5H2,1H3,(H2,9,10,11,14). The van der Waals surface area contributed by atoms with E-state index in [-0.39, 0.29) is 5.97 Å². The second kappa shape index (κ2) is 5.54. The lowest BCUT2D eigenvalue weighted by molar-refractivity contribution is -0.143. The summed E-state index contributed by atoms with van der Waals surface area (Å²) < 4.78 is 5.40. The van der Waals surface area contributed by atoms with Gasteiger partial charge < -0.3 is 4.74 Å². The van der Waals surface area contributed by atoms with E-state index in [2.05, 4.69) is 15.4 Å². The van der Waals surface area contributed by atoms with Crippen LogP contribution in [-0.2, 0) is 16.0 Å². The van der Waals surface area contributed by atoms with Crippen LogP contribution in [0.5, 0.6) is 0 Å². The Bertz CT molecular complexity index is 344. The number of hydrogen-bond donors (Lipinski definition) is 2. The van der Waals surface area contributed by atoms with Gasteiger partial charge in [0.1, 0.15) is 4.64 Å². The van der Waals surface area contributed by atoms with E-state index in [1.54, 1.807) is 6.92 Å². The number of carbonyl (C=O) groups is 1. The number of aromatic nitrogens is 3. The van der Waals surface area contributed by atoms with Crippen LogP contribution in [0.3, 0.4) is 0 Å². The van der Waals surface area contributed by atoms with E-state index >= 15 is 0 Å². The second-order valence-electron chi connectivity index (χ2n) is 2.78. The zero-order valence-corrected chi connectivity index (χ0v) is 8.82. The Kier molecular flexibility index (Phi) is 4.31. The van der Waals surface area contributed by atoms with E-state index in [1.165, 1.54) is 0 Å². The molecule has 1 rings (SSSR count). The Labute approximate surface area is 86.8 Å². The Morgan fingerprint density at radius 1 is 1.64 bits per heavy atom. The molecule has 0 aromatic carbocycles. The van der Waals surface area contributed by atoms with Gasteiger partial charge in [-0.1, -0.05) is 12.2 Å². The summed E-state index contributed by atoms with van der Waals surface area (Å²) in [5.41, 5.74) is 0.796. The first-order valence-corrected chi connectivity index (χ1v) is 4.92. The number of hydrogen-bond acceptors (Lipinski definition) is 4. The molecule has 1 aromatic heterocycles. The fourth-order valence-corrected chi connectivity index (χ4v) is 1.27. The van der Waals surface area contributed by atoms with Crippen molar-refractivity contribution in [2.45, 2.75) is 26.2 Å². The first kappa shape index (κ1) is 10.9. The fourth-order valence-electron chi connectivity index (χ4n) is 1.07. The summed E-state index contributed by atoms with van der Waals surface area (Å²) in [5, 5.41) is 9.18. The molecule has 0 aliphatic carbocycles. The molecule has 0 saturated carbocycles. The van der Waals surface area contributed by atoms with Crippen molar-refractivity contribution in [3.8, 4) is 0 Å². The summed E-state index contributed by atoms with van der Waals surface area (Å²) in [6.45, 7) is 2.23. The molecule has 0 aliphatic rings. The molecule has 0 unspecified atom stereocenters. The molecule has 1 heterocycles. The van der Waals surface area contributed by atoms with Crippen molar-refractivity contribution in [3.05, 3.63) is 10.3 Å². The predicted octanol–water partition coefficient (Wildman–Crippen LogP) is 1.35. The Morgan fingerprint density at radius 2 is 2.43 bits per heavy atom. The van der Waals surface area contributed by atoms with Crippen LogP contribution < -0.4 is 0 Å². The Hall–Kier alpha value is -1.17. The first-order valence-electron chi connectivity index (χ1n) is 4.51. The summed E-state index contributed by atoms with van der Waals surface area (Å²) >= 11 is 4.95. The first-order chi connectivity index (χ1) is 6.74. The minimum Gasteiger partial charge on any atom is -0.466 e. The largest absolute Gasteiger partial charge is 0.466 e. The molecule has 0 fully saturated rings. The van der Waals surface area contributed by atoms with E-state index in [0.29, 0.717) is 30.5 Å². The van der Waals surface area contributed by atoms with Crippen LogP contribution in [0.15, 0.2) is 0 Å². The lowest BCUT2D eigenvalue weighted by Crippen LogP contribution is -2.04. The quantitative estimate of drug-likeness (QED) is 0.574. The number of esters is 1. The summed E-state index contributed by atoms with van der Waals surface area (Å²) in [5.74, 6) is -0.169. The lowest BCUT2D eigenvalue weighted by atomic mass is 10.2. The third-order valence-electron chi connectivity index (χ3n) is 1.72. The number of H-pyrrole nitrogens is 2. The second-order valence-corrected chi connectivity index (χ2v) is 3.19. The summed E-state index contributed by atoms with van der Waals surface area (Å²) in [4.78, 5) is 11.0. The Morgan fingerprint density at radius 3 is 3.00 bits per heavy atom. The third kappa shape index (κ3) is 3.29. The van der Waals surface area contributed by atoms with Gasteiger partial charge in [-0.3, -0.25) is 9.89 Å². The van der Waals surface area contributed by atoms with Crippen LogP contribution in [0.25, 0.3) is 0 Å². The SMILES string of the molecule is CCOC(=O)CCCc1n[nH][nH]c1=S. The number of nitrogens with one attached hydrogen (secondary N) is 2. The van der Waals surface area contributed by atoms with Crippen LogP contribution in [-0.4, -0.2) is 28.0 Å². The molecule has 0 bridgehead atoms. The lowest BCUT2D eigenvalue weighted by Gasteiger charge is -1.99. The molecule has 0 atom stereocenters. The summed E-state index contributed by atoms with van der Waals surface area (Å²) in [6, 6.07) is 0. The van der Waals surface area contributed by atoms with Gasteiger partial charge in [-0.15, -0.1) is 0 Å². The maximum atomic E-state index is 11.0. The monoisotopic (exact) mass is 215 g/mol. The molecule has 0 saturated heterocycles. The molecule has 2 N–H and O–H groups in total. The molecule has 1 aromatic rings. The molecular formula is C8H13N3O2S. The minimum atomic E-state index is -0.169. The van der Waals surface area contributed by atoms with Gasteiger partial charge in [-0.05, 0) is 19.8 Å². The van der Waals surface area contributed by atoms with Gasteiger partial charge in [0.2, 0.25) is 0 Å². The number of aryl methyl sites for hydroxylation is 1. The summed E-state index contributed by atoms with van der Waals surface area (Å²) in [6.07, 6.45) is 1.81. The number of carbonyl (C=O) groups excluding carboxylic acids is 1. The van der Waals surface area contributed by atoms with Crippen LogP contribution >= 0.6 is 12.2 Å². The van der Waals surface area contributed by atoms with Crippen LogP contribution in [0.1, 0.15) is 25.5 Å². The number of nitrogens with zero attached hydrogens (tertiary/aromatic N) is 1. The molecule has 5 nitrogen and oxygen atoms in total. The molecule has 78 valence electrons. The molecule has 14 heavy (non-hydrogen) atoms. The molecule has 0 radical (unpaired) electrons. The van der Waals surface area contributed by atoms with Crippen molar-refractivity contribution in [1.29, 1.82) is 0 Å². The highest BCUT2D eigenvalue weighted by molar-refractivity contribution is 7.71. The van der Waals surface area contributed by atoms with Crippen molar-refractivity contribution in [3.63, 3.8) is 0 Å². The molecule has 0 spiro atoms. The zero-order valence-electron chi connectivity index (χ0n) is 8.00. The maximum absolute atomic E-state index is 11.0. The average Bonchev–Trinajstić information content (AvgIpc) is 2.52. The molecule has 6 heteroatoms. The van der Waals surface area contributed by atoms with Crippen molar-refractivity contribution < 1.29 is 9.53 Å². The van der Waals surface area contributed by atoms with Crippen molar-refractivity contribution in [2.75, 3.05) is 6.61 Å². The van der Waals surface area contributed by atoms with Gasteiger partial charge in [0, 0.05) is 6.42 Å². The van der Waals surface area contributed by atoms with Crippen molar-refractivity contribution >= 4 is 18.2 Å². The van der Waals surface area contributed by atoms with Gasteiger partial charge in [-0.2, -0.15) is 5.10 Å². The highest BCUT2D eigenvalue weighted by Gasteiger charge is 2.03. The van der Waals surface area contributed by atoms with E-state index in [4.69, 9.17) is 17.0 Å². The highest BCUT2D eigenvalue weighted by atomic mass is 32.1. The number of rotatable bonds is 5. The highest BCUT2D eigenvalue weighted by Crippen LogP contribution is 2.02.